The Hall–Kier alpha value is -0.940. The van der Waals surface area contributed by atoms with Gasteiger partial charge in [0, 0.05) is 17.6 Å². The molecule has 0 spiro atoms. The molecule has 5 heteroatoms. The van der Waals surface area contributed by atoms with Gasteiger partial charge in [0.15, 0.2) is 0 Å². The number of rotatable bonds is 2. The Balaban J connectivity index is 2.17. The Morgan fingerprint density at radius 3 is 3.00 bits per heavy atom. The molecule has 2 rings (SSSR count). The number of benzene rings is 1. The van der Waals surface area contributed by atoms with E-state index in [1.165, 1.54) is 12.1 Å². The largest absolute Gasteiger partial charge is 0.338 e. The summed E-state index contributed by atoms with van der Waals surface area (Å²) in [7, 11) is 0. The van der Waals surface area contributed by atoms with Crippen molar-refractivity contribution >= 4 is 21.8 Å². The van der Waals surface area contributed by atoms with Gasteiger partial charge in [-0.25, -0.2) is 4.39 Å². The van der Waals surface area contributed by atoms with Crippen molar-refractivity contribution in [1.82, 2.24) is 4.90 Å². The Bertz CT molecular complexity index is 439. The van der Waals surface area contributed by atoms with Gasteiger partial charge in [0.05, 0.1) is 5.56 Å². The second-order valence-corrected chi connectivity index (χ2v) is 5.12. The van der Waals surface area contributed by atoms with Crippen LogP contribution < -0.4 is 5.73 Å². The maximum atomic E-state index is 13.1. The number of carbonyl (C=O) groups excluding carboxylic acids is 1. The molecule has 1 amide bonds. The van der Waals surface area contributed by atoms with Gasteiger partial charge in [-0.1, -0.05) is 0 Å². The molecule has 3 nitrogen and oxygen atoms in total. The van der Waals surface area contributed by atoms with Crippen molar-refractivity contribution in [3.05, 3.63) is 34.1 Å². The number of halogens is 2. The van der Waals surface area contributed by atoms with E-state index in [-0.39, 0.29) is 5.91 Å². The summed E-state index contributed by atoms with van der Waals surface area (Å²) in [6, 6.07) is 4.15. The van der Waals surface area contributed by atoms with Crippen molar-refractivity contribution in [1.29, 1.82) is 0 Å². The molecule has 1 aliphatic heterocycles. The van der Waals surface area contributed by atoms with Gasteiger partial charge in [0.1, 0.15) is 5.82 Å². The van der Waals surface area contributed by atoms with Gasteiger partial charge >= 0.3 is 0 Å². The number of hydrogen-bond acceptors (Lipinski definition) is 2. The first-order chi connectivity index (χ1) is 8.11. The molecule has 1 atom stereocenters. The number of amides is 1. The molecular weight excluding hydrogens is 287 g/mol. The third-order valence-electron chi connectivity index (χ3n) is 3.07. The first kappa shape index (κ1) is 12.5. The Morgan fingerprint density at radius 2 is 2.35 bits per heavy atom. The molecule has 1 heterocycles. The van der Waals surface area contributed by atoms with Crippen molar-refractivity contribution in [2.75, 3.05) is 19.6 Å². The second-order valence-electron chi connectivity index (χ2n) is 4.27. The lowest BCUT2D eigenvalue weighted by atomic mass is 10.1. The monoisotopic (exact) mass is 300 g/mol. The second kappa shape index (κ2) is 5.14. The van der Waals surface area contributed by atoms with E-state index in [0.29, 0.717) is 35.6 Å². The van der Waals surface area contributed by atoms with E-state index in [4.69, 9.17) is 5.73 Å². The van der Waals surface area contributed by atoms with E-state index in [1.807, 2.05) is 0 Å². The van der Waals surface area contributed by atoms with Gasteiger partial charge in [0.2, 0.25) is 0 Å². The molecule has 0 saturated carbocycles. The van der Waals surface area contributed by atoms with Crippen LogP contribution in [-0.4, -0.2) is 30.4 Å². The van der Waals surface area contributed by atoms with E-state index >= 15 is 0 Å². The van der Waals surface area contributed by atoms with E-state index in [1.54, 1.807) is 11.0 Å². The van der Waals surface area contributed by atoms with Crippen molar-refractivity contribution < 1.29 is 9.18 Å². The minimum atomic E-state index is -0.397. The average Bonchev–Trinajstić information content (AvgIpc) is 2.80. The highest BCUT2D eigenvalue weighted by atomic mass is 79.9. The lowest BCUT2D eigenvalue weighted by Gasteiger charge is -2.17. The van der Waals surface area contributed by atoms with Gasteiger partial charge in [-0.15, -0.1) is 0 Å². The summed E-state index contributed by atoms with van der Waals surface area (Å²) in [5, 5.41) is 0. The number of carbonyl (C=O) groups is 1. The molecule has 2 N–H and O–H groups in total. The zero-order valence-corrected chi connectivity index (χ0v) is 10.9. The van der Waals surface area contributed by atoms with E-state index < -0.39 is 5.82 Å². The van der Waals surface area contributed by atoms with Crippen LogP contribution in [0.3, 0.4) is 0 Å². The first-order valence-electron chi connectivity index (χ1n) is 5.56. The third-order valence-corrected chi connectivity index (χ3v) is 3.76. The van der Waals surface area contributed by atoms with Crippen molar-refractivity contribution in [2.45, 2.75) is 6.42 Å². The fraction of sp³-hybridized carbons (Fsp3) is 0.417. The molecular formula is C12H14BrFN2O. The lowest BCUT2D eigenvalue weighted by molar-refractivity contribution is 0.0786. The summed E-state index contributed by atoms with van der Waals surface area (Å²) in [5.74, 6) is -0.162. The summed E-state index contributed by atoms with van der Waals surface area (Å²) < 4.78 is 13.8. The highest BCUT2D eigenvalue weighted by molar-refractivity contribution is 9.10. The molecule has 1 aromatic rings. The van der Waals surface area contributed by atoms with Crippen LogP contribution in [0.4, 0.5) is 4.39 Å². The fourth-order valence-electron chi connectivity index (χ4n) is 2.04. The minimum absolute atomic E-state index is 0.132. The standard InChI is InChI=1S/C12H14BrFN2O/c13-11-2-1-9(14)5-10(11)12(17)16-4-3-8(6-15)7-16/h1-2,5,8H,3-4,6-7,15H2/t8-/m1/s1. The molecule has 1 aromatic carbocycles. The van der Waals surface area contributed by atoms with Crippen LogP contribution in [-0.2, 0) is 0 Å². The summed E-state index contributed by atoms with van der Waals surface area (Å²) in [6.07, 6.45) is 0.926. The van der Waals surface area contributed by atoms with Crippen LogP contribution in [0.5, 0.6) is 0 Å². The molecule has 17 heavy (non-hydrogen) atoms. The Labute approximate surface area is 108 Å². The number of hydrogen-bond donors (Lipinski definition) is 1. The van der Waals surface area contributed by atoms with Crippen LogP contribution in [0, 0.1) is 11.7 Å². The van der Waals surface area contributed by atoms with Crippen LogP contribution in [0.1, 0.15) is 16.8 Å². The number of nitrogens with two attached hydrogens (primary N) is 1. The summed E-state index contributed by atoms with van der Waals surface area (Å²) in [5.41, 5.74) is 5.96. The van der Waals surface area contributed by atoms with E-state index in [9.17, 15) is 9.18 Å². The molecule has 0 unspecified atom stereocenters. The Morgan fingerprint density at radius 1 is 1.59 bits per heavy atom. The van der Waals surface area contributed by atoms with Crippen LogP contribution in [0.2, 0.25) is 0 Å². The van der Waals surface area contributed by atoms with Gasteiger partial charge in [-0.3, -0.25) is 4.79 Å². The summed E-state index contributed by atoms with van der Waals surface area (Å²) in [4.78, 5) is 13.9. The number of nitrogens with zero attached hydrogens (tertiary/aromatic N) is 1. The summed E-state index contributed by atoms with van der Waals surface area (Å²) in [6.45, 7) is 1.95. The molecule has 0 radical (unpaired) electrons. The highest BCUT2D eigenvalue weighted by Crippen LogP contribution is 2.23. The smallest absolute Gasteiger partial charge is 0.255 e. The zero-order chi connectivity index (χ0) is 12.4. The van der Waals surface area contributed by atoms with Crippen molar-refractivity contribution in [3.63, 3.8) is 0 Å². The molecule has 0 aliphatic carbocycles. The first-order valence-corrected chi connectivity index (χ1v) is 6.35. The minimum Gasteiger partial charge on any atom is -0.338 e. The SMILES string of the molecule is NC[C@H]1CCN(C(=O)c2cc(F)ccc2Br)C1. The lowest BCUT2D eigenvalue weighted by Crippen LogP contribution is -2.30. The normalized spacial score (nSPS) is 19.7. The summed E-state index contributed by atoms with van der Waals surface area (Å²) >= 11 is 3.27. The zero-order valence-electron chi connectivity index (χ0n) is 9.33. The molecule has 0 aromatic heterocycles. The quantitative estimate of drug-likeness (QED) is 0.908. The van der Waals surface area contributed by atoms with Gasteiger partial charge < -0.3 is 10.6 Å². The molecule has 1 fully saturated rings. The highest BCUT2D eigenvalue weighted by Gasteiger charge is 2.27. The maximum Gasteiger partial charge on any atom is 0.255 e. The number of likely N-dealkylation sites (tertiary alicyclic amines) is 1. The van der Waals surface area contributed by atoms with Gasteiger partial charge in [-0.2, -0.15) is 0 Å². The van der Waals surface area contributed by atoms with Crippen molar-refractivity contribution in [3.8, 4) is 0 Å². The molecule has 92 valence electrons. The Kier molecular flexibility index (Phi) is 3.79. The van der Waals surface area contributed by atoms with E-state index in [0.717, 1.165) is 6.42 Å². The average molecular weight is 301 g/mol. The van der Waals surface area contributed by atoms with Crippen LogP contribution >= 0.6 is 15.9 Å². The topological polar surface area (TPSA) is 46.3 Å². The maximum absolute atomic E-state index is 13.1. The fourth-order valence-corrected chi connectivity index (χ4v) is 2.46. The van der Waals surface area contributed by atoms with Crippen molar-refractivity contribution in [2.24, 2.45) is 11.7 Å². The molecule has 1 aliphatic rings. The molecule has 1 saturated heterocycles. The van der Waals surface area contributed by atoms with Crippen LogP contribution in [0.15, 0.2) is 22.7 Å². The molecule has 0 bridgehead atoms. The van der Waals surface area contributed by atoms with Gasteiger partial charge in [-0.05, 0) is 53.0 Å². The van der Waals surface area contributed by atoms with Crippen LogP contribution in [0.25, 0.3) is 0 Å². The predicted octanol–water partition coefficient (Wildman–Crippen LogP) is 2.01. The third kappa shape index (κ3) is 2.66. The van der Waals surface area contributed by atoms with Gasteiger partial charge in [0.25, 0.3) is 5.91 Å². The van der Waals surface area contributed by atoms with E-state index in [2.05, 4.69) is 15.9 Å². The predicted molar refractivity (Wildman–Crippen MR) is 67.2 cm³/mol.